The van der Waals surface area contributed by atoms with Crippen LogP contribution in [0.4, 0.5) is 0 Å². The van der Waals surface area contributed by atoms with Gasteiger partial charge in [-0.05, 0) is 64.2 Å². The Labute approximate surface area is 482 Å². The highest BCUT2D eigenvalue weighted by molar-refractivity contribution is 7.47. The van der Waals surface area contributed by atoms with Crippen LogP contribution in [-0.2, 0) is 32.7 Å². The molecule has 0 fully saturated rings. The van der Waals surface area contributed by atoms with Gasteiger partial charge in [0.15, 0.2) is 6.10 Å². The van der Waals surface area contributed by atoms with Gasteiger partial charge in [0.25, 0.3) is 0 Å². The van der Waals surface area contributed by atoms with Crippen molar-refractivity contribution >= 4 is 19.8 Å². The summed E-state index contributed by atoms with van der Waals surface area (Å²) in [6.07, 6.45) is 82.8. The first-order valence-electron chi connectivity index (χ1n) is 32.9. The Bertz CT molecular complexity index is 1510. The van der Waals surface area contributed by atoms with E-state index in [1.54, 1.807) is 0 Å². The van der Waals surface area contributed by atoms with Gasteiger partial charge in [0.05, 0.1) is 13.2 Å². The van der Waals surface area contributed by atoms with Gasteiger partial charge in [-0.15, -0.1) is 0 Å². The zero-order valence-corrected chi connectivity index (χ0v) is 51.8. The second kappa shape index (κ2) is 63.6. The average molecular weight is 1110 g/mol. The Kier molecular flexibility index (Phi) is 61.5. The molecule has 0 saturated heterocycles. The Morgan fingerprint density at radius 1 is 0.397 bits per heavy atom. The fourth-order valence-electron chi connectivity index (χ4n) is 9.53. The van der Waals surface area contributed by atoms with E-state index < -0.39 is 26.5 Å². The van der Waals surface area contributed by atoms with Crippen LogP contribution >= 0.6 is 7.82 Å². The normalized spacial score (nSPS) is 13.4. The van der Waals surface area contributed by atoms with E-state index in [2.05, 4.69) is 86.8 Å². The molecule has 0 bridgehead atoms. The molecule has 0 aliphatic carbocycles. The number of rotatable bonds is 62. The lowest BCUT2D eigenvalue weighted by Gasteiger charge is -2.19. The van der Waals surface area contributed by atoms with E-state index in [0.717, 1.165) is 70.6 Å². The van der Waals surface area contributed by atoms with E-state index in [9.17, 15) is 19.0 Å². The fourth-order valence-corrected chi connectivity index (χ4v) is 10.3. The largest absolute Gasteiger partial charge is 0.472 e. The van der Waals surface area contributed by atoms with Crippen molar-refractivity contribution in [3.63, 3.8) is 0 Å². The molecule has 0 aliphatic rings. The highest BCUT2D eigenvalue weighted by Gasteiger charge is 2.26. The van der Waals surface area contributed by atoms with Gasteiger partial charge in [-0.3, -0.25) is 18.6 Å². The van der Waals surface area contributed by atoms with Crippen molar-refractivity contribution in [2.45, 2.75) is 322 Å². The van der Waals surface area contributed by atoms with Gasteiger partial charge in [0.1, 0.15) is 6.61 Å². The van der Waals surface area contributed by atoms with Gasteiger partial charge in [0.2, 0.25) is 0 Å². The first kappa shape index (κ1) is 75.5. The van der Waals surface area contributed by atoms with Crippen molar-refractivity contribution in [3.05, 3.63) is 72.9 Å². The fraction of sp³-hybridized carbons (Fsp3) is 0.794. The highest BCUT2D eigenvalue weighted by Crippen LogP contribution is 2.43. The van der Waals surface area contributed by atoms with E-state index in [1.165, 1.54) is 212 Å². The predicted molar refractivity (Wildman–Crippen MR) is 335 cm³/mol. The van der Waals surface area contributed by atoms with E-state index in [4.69, 9.17) is 24.3 Å². The van der Waals surface area contributed by atoms with E-state index in [-0.39, 0.29) is 38.6 Å². The van der Waals surface area contributed by atoms with Crippen LogP contribution in [-0.4, -0.2) is 49.3 Å². The van der Waals surface area contributed by atoms with Gasteiger partial charge >= 0.3 is 19.8 Å². The first-order valence-corrected chi connectivity index (χ1v) is 34.4. The molecule has 10 heteroatoms. The maximum atomic E-state index is 12.7. The number of phosphoric ester groups is 1. The monoisotopic (exact) mass is 1110 g/mol. The zero-order valence-electron chi connectivity index (χ0n) is 50.9. The second-order valence-corrected chi connectivity index (χ2v) is 23.4. The standard InChI is InChI=1S/C68H124NO8P/c1-3-5-7-9-11-13-15-17-19-21-22-23-24-25-26-27-28-29-30-31-32-33-34-35-36-37-38-39-40-41-42-43-44-45-47-49-51-53-55-57-59-61-68(71)77-66(65-76-78(72,73)75-63-62-69)64-74-67(70)60-58-56-54-52-50-48-46-20-18-16-14-12-10-8-6-4-2/h5,7,11,13,17,19,22-23,25-26,28-29,66H,3-4,6,8-10,12,14-16,18,20-21,24,27,30-65,69H2,1-2H3,(H,72,73)/b7-5-,13-11-,19-17-,23-22-,26-25-,29-28-. The molecule has 0 spiro atoms. The summed E-state index contributed by atoms with van der Waals surface area (Å²) in [6, 6.07) is 0. The average Bonchev–Trinajstić information content (AvgIpc) is 3.43. The quantitative estimate of drug-likeness (QED) is 0.0264. The molecule has 0 radical (unpaired) electrons. The molecule has 0 aliphatic heterocycles. The van der Waals surface area contributed by atoms with Gasteiger partial charge in [0, 0.05) is 19.4 Å². The lowest BCUT2D eigenvalue weighted by atomic mass is 10.0. The van der Waals surface area contributed by atoms with Crippen LogP contribution in [0.2, 0.25) is 0 Å². The summed E-state index contributed by atoms with van der Waals surface area (Å²) in [5.41, 5.74) is 5.39. The minimum atomic E-state index is -4.39. The number of ether oxygens (including phenoxy) is 2. The van der Waals surface area contributed by atoms with Crippen LogP contribution in [0.15, 0.2) is 72.9 Å². The number of carbonyl (C=O) groups excluding carboxylic acids is 2. The highest BCUT2D eigenvalue weighted by atomic mass is 31.2. The molecular weight excluding hydrogens is 990 g/mol. The van der Waals surface area contributed by atoms with Crippen LogP contribution < -0.4 is 5.73 Å². The van der Waals surface area contributed by atoms with Crippen molar-refractivity contribution in [2.24, 2.45) is 5.73 Å². The van der Waals surface area contributed by atoms with Gasteiger partial charge in [-0.25, -0.2) is 4.57 Å². The number of phosphoric acid groups is 1. The van der Waals surface area contributed by atoms with Crippen molar-refractivity contribution in [3.8, 4) is 0 Å². The zero-order chi connectivity index (χ0) is 56.6. The van der Waals surface area contributed by atoms with Crippen molar-refractivity contribution in [1.29, 1.82) is 0 Å². The third kappa shape index (κ3) is 62.6. The molecule has 3 N–H and O–H groups in total. The molecule has 2 atom stereocenters. The lowest BCUT2D eigenvalue weighted by Crippen LogP contribution is -2.29. The third-order valence-corrected chi connectivity index (χ3v) is 15.3. The first-order chi connectivity index (χ1) is 38.3. The summed E-state index contributed by atoms with van der Waals surface area (Å²) in [4.78, 5) is 35.2. The molecule has 78 heavy (non-hydrogen) atoms. The molecule has 0 rings (SSSR count). The summed E-state index contributed by atoms with van der Waals surface area (Å²) in [5, 5.41) is 0. The summed E-state index contributed by atoms with van der Waals surface area (Å²) < 4.78 is 33.1. The van der Waals surface area contributed by atoms with Gasteiger partial charge in [-0.1, -0.05) is 311 Å². The van der Waals surface area contributed by atoms with E-state index in [1.807, 2.05) is 0 Å². The molecule has 454 valence electrons. The van der Waals surface area contributed by atoms with E-state index in [0.29, 0.717) is 6.42 Å². The van der Waals surface area contributed by atoms with Crippen molar-refractivity contribution in [2.75, 3.05) is 26.4 Å². The maximum Gasteiger partial charge on any atom is 0.472 e. The molecule has 0 heterocycles. The number of hydrogen-bond donors (Lipinski definition) is 2. The number of allylic oxidation sites excluding steroid dienone is 12. The Morgan fingerprint density at radius 3 is 1.05 bits per heavy atom. The molecule has 0 aromatic carbocycles. The van der Waals surface area contributed by atoms with Crippen LogP contribution in [0.5, 0.6) is 0 Å². The number of unbranched alkanes of at least 4 members (excludes halogenated alkanes) is 37. The molecule has 0 saturated carbocycles. The SMILES string of the molecule is CC/C=C\C/C=C\C/C=C\C/C=C\C/C=C\C/C=C\CCCCCCCCCCCCCCCCCCCCCCCCC(=O)OC(COC(=O)CCCCCCCCCCCCCCCCCC)COP(=O)(O)OCCN. The predicted octanol–water partition coefficient (Wildman–Crippen LogP) is 21.2. The van der Waals surface area contributed by atoms with Crippen molar-refractivity contribution < 1.29 is 37.6 Å². The van der Waals surface area contributed by atoms with Crippen LogP contribution in [0.1, 0.15) is 316 Å². The lowest BCUT2D eigenvalue weighted by molar-refractivity contribution is -0.161. The topological polar surface area (TPSA) is 134 Å². The number of esters is 2. The van der Waals surface area contributed by atoms with Gasteiger partial charge < -0.3 is 20.1 Å². The summed E-state index contributed by atoms with van der Waals surface area (Å²) >= 11 is 0. The second-order valence-electron chi connectivity index (χ2n) is 22.0. The van der Waals surface area contributed by atoms with Crippen LogP contribution in [0.25, 0.3) is 0 Å². The van der Waals surface area contributed by atoms with Gasteiger partial charge in [-0.2, -0.15) is 0 Å². The minimum Gasteiger partial charge on any atom is -0.462 e. The minimum absolute atomic E-state index is 0.0551. The Morgan fingerprint density at radius 2 is 0.705 bits per heavy atom. The van der Waals surface area contributed by atoms with Crippen molar-refractivity contribution in [1.82, 2.24) is 0 Å². The molecular formula is C68H124NO8P. The Hall–Kier alpha value is -2.55. The third-order valence-electron chi connectivity index (χ3n) is 14.4. The maximum absolute atomic E-state index is 12.7. The summed E-state index contributed by atoms with van der Waals surface area (Å²) in [6.45, 7) is 3.67. The molecule has 2 unspecified atom stereocenters. The molecule has 9 nitrogen and oxygen atoms in total. The number of carbonyl (C=O) groups is 2. The summed E-state index contributed by atoms with van der Waals surface area (Å²) in [7, 11) is -4.39. The molecule has 0 aromatic heterocycles. The smallest absolute Gasteiger partial charge is 0.462 e. The van der Waals surface area contributed by atoms with E-state index >= 15 is 0 Å². The number of hydrogen-bond acceptors (Lipinski definition) is 8. The summed E-state index contributed by atoms with van der Waals surface area (Å²) in [5.74, 6) is -0.811. The Balaban J connectivity index is 3.77. The molecule has 0 aromatic rings. The van der Waals surface area contributed by atoms with Crippen LogP contribution in [0.3, 0.4) is 0 Å². The van der Waals surface area contributed by atoms with Crippen LogP contribution in [0, 0.1) is 0 Å². The number of nitrogens with two attached hydrogens (primary N) is 1. The molecule has 0 amide bonds.